The smallest absolute Gasteiger partial charge is 0.343 e. The van der Waals surface area contributed by atoms with Crippen LogP contribution in [-0.2, 0) is 18.9 Å². The molecule has 2 aliphatic rings. The number of carbonyl (C=O) groups is 2. The molecule has 2 aliphatic heterocycles. The average molecular weight is 537 g/mol. The first-order chi connectivity index (χ1) is 19.0. The van der Waals surface area contributed by atoms with Gasteiger partial charge in [0, 0.05) is 0 Å². The Kier molecular flexibility index (Phi) is 8.69. The Bertz CT molecular complexity index is 1260. The van der Waals surface area contributed by atoms with E-state index in [9.17, 15) is 9.59 Å². The van der Waals surface area contributed by atoms with Crippen LogP contribution in [0.1, 0.15) is 26.3 Å². The number of rotatable bonds is 14. The summed E-state index contributed by atoms with van der Waals surface area (Å²) >= 11 is 0. The number of carbonyl (C=O) groups excluding carboxylic acids is 2. The molecular formula is C29H28O10. The quantitative estimate of drug-likeness (QED) is 0.0987. The van der Waals surface area contributed by atoms with Gasteiger partial charge < -0.3 is 37.9 Å². The highest BCUT2D eigenvalue weighted by molar-refractivity contribution is 5.92. The molecule has 2 fully saturated rings. The van der Waals surface area contributed by atoms with E-state index >= 15 is 0 Å². The fourth-order valence-electron chi connectivity index (χ4n) is 3.41. The second kappa shape index (κ2) is 12.7. The van der Waals surface area contributed by atoms with E-state index in [1.54, 1.807) is 73.7 Å². The first-order valence-corrected chi connectivity index (χ1v) is 12.4. The van der Waals surface area contributed by atoms with Gasteiger partial charge in [-0.25, -0.2) is 9.59 Å². The molecule has 204 valence electrons. The standard InChI is InChI=1S/C29H28O10/c1-19-12-24(38-28(30)20-2-6-22(7-3-20)36-17-32-13-25-15-34-25)10-11-27(19)39-29(31)21-4-8-23(9-5-21)37-18-33-14-26-16-35-26/h2-12,25-26H,13-18H2,1H3. The summed E-state index contributed by atoms with van der Waals surface area (Å²) in [4.78, 5) is 25.2. The fourth-order valence-corrected chi connectivity index (χ4v) is 3.41. The summed E-state index contributed by atoms with van der Waals surface area (Å²) in [6.07, 6.45) is 0.346. The van der Waals surface area contributed by atoms with Crippen LogP contribution in [-0.4, -0.2) is 64.2 Å². The molecule has 0 bridgehead atoms. The number of ether oxygens (including phenoxy) is 8. The highest BCUT2D eigenvalue weighted by Crippen LogP contribution is 2.26. The highest BCUT2D eigenvalue weighted by Gasteiger charge is 2.23. The Labute approximate surface area is 225 Å². The van der Waals surface area contributed by atoms with Gasteiger partial charge in [-0.05, 0) is 79.2 Å². The first-order valence-electron chi connectivity index (χ1n) is 12.4. The summed E-state index contributed by atoms with van der Waals surface area (Å²) in [5.41, 5.74) is 1.35. The minimum atomic E-state index is -0.526. The Morgan fingerprint density at radius 3 is 1.62 bits per heavy atom. The molecule has 0 spiro atoms. The normalized spacial score (nSPS) is 17.3. The monoisotopic (exact) mass is 536 g/mol. The lowest BCUT2D eigenvalue weighted by atomic mass is 10.2. The number of epoxide rings is 2. The molecule has 10 nitrogen and oxygen atoms in total. The molecule has 39 heavy (non-hydrogen) atoms. The van der Waals surface area contributed by atoms with Gasteiger partial charge in [-0.1, -0.05) is 0 Å². The largest absolute Gasteiger partial charge is 0.468 e. The third kappa shape index (κ3) is 8.26. The summed E-state index contributed by atoms with van der Waals surface area (Å²) in [7, 11) is 0. The van der Waals surface area contributed by atoms with Crippen molar-refractivity contribution in [3.8, 4) is 23.0 Å². The van der Waals surface area contributed by atoms with Gasteiger partial charge in [0.15, 0.2) is 13.6 Å². The van der Waals surface area contributed by atoms with E-state index in [0.29, 0.717) is 52.9 Å². The maximum absolute atomic E-state index is 12.6. The molecule has 3 aromatic carbocycles. The van der Waals surface area contributed by atoms with E-state index in [2.05, 4.69) is 0 Å². The zero-order valence-electron chi connectivity index (χ0n) is 21.3. The first kappa shape index (κ1) is 26.6. The minimum Gasteiger partial charge on any atom is -0.468 e. The lowest BCUT2D eigenvalue weighted by molar-refractivity contribution is 0.00808. The van der Waals surface area contributed by atoms with Crippen LogP contribution in [0.3, 0.4) is 0 Å². The minimum absolute atomic E-state index is 0.103. The predicted octanol–water partition coefficient (Wildman–Crippen LogP) is 3.94. The highest BCUT2D eigenvalue weighted by atomic mass is 16.7. The van der Waals surface area contributed by atoms with E-state index in [0.717, 1.165) is 13.2 Å². The molecule has 10 heteroatoms. The van der Waals surface area contributed by atoms with Gasteiger partial charge in [0.2, 0.25) is 0 Å². The van der Waals surface area contributed by atoms with Gasteiger partial charge in [0.1, 0.15) is 35.2 Å². The van der Waals surface area contributed by atoms with Crippen molar-refractivity contribution in [2.75, 3.05) is 40.0 Å². The lowest BCUT2D eigenvalue weighted by Crippen LogP contribution is -2.11. The maximum Gasteiger partial charge on any atom is 0.343 e. The molecule has 0 aromatic heterocycles. The van der Waals surface area contributed by atoms with Crippen LogP contribution >= 0.6 is 0 Å². The van der Waals surface area contributed by atoms with Gasteiger partial charge in [-0.2, -0.15) is 0 Å². The van der Waals surface area contributed by atoms with Crippen molar-refractivity contribution >= 4 is 11.9 Å². The van der Waals surface area contributed by atoms with Crippen molar-refractivity contribution in [2.45, 2.75) is 19.1 Å². The van der Waals surface area contributed by atoms with Crippen molar-refractivity contribution in [3.63, 3.8) is 0 Å². The van der Waals surface area contributed by atoms with Crippen LogP contribution < -0.4 is 18.9 Å². The fraction of sp³-hybridized carbons (Fsp3) is 0.310. The summed E-state index contributed by atoms with van der Waals surface area (Å²) in [5, 5.41) is 0. The predicted molar refractivity (Wildman–Crippen MR) is 136 cm³/mol. The number of hydrogen-bond donors (Lipinski definition) is 0. The van der Waals surface area contributed by atoms with Crippen LogP contribution in [0.5, 0.6) is 23.0 Å². The van der Waals surface area contributed by atoms with Gasteiger partial charge in [0.25, 0.3) is 0 Å². The van der Waals surface area contributed by atoms with Crippen LogP contribution in [0.15, 0.2) is 66.7 Å². The molecule has 5 rings (SSSR count). The van der Waals surface area contributed by atoms with Crippen molar-refractivity contribution in [2.24, 2.45) is 0 Å². The van der Waals surface area contributed by atoms with Crippen LogP contribution in [0.4, 0.5) is 0 Å². The van der Waals surface area contributed by atoms with Crippen molar-refractivity contribution in [1.29, 1.82) is 0 Å². The van der Waals surface area contributed by atoms with Gasteiger partial charge in [-0.3, -0.25) is 0 Å². The topological polar surface area (TPSA) is 115 Å². The molecule has 3 aromatic rings. The Morgan fingerprint density at radius 2 is 1.15 bits per heavy atom. The summed E-state index contributed by atoms with van der Waals surface area (Å²) < 4.78 is 42.8. The number of hydrogen-bond acceptors (Lipinski definition) is 10. The second-order valence-electron chi connectivity index (χ2n) is 8.93. The zero-order valence-corrected chi connectivity index (χ0v) is 21.3. The van der Waals surface area contributed by atoms with E-state index in [4.69, 9.17) is 37.9 Å². The van der Waals surface area contributed by atoms with Gasteiger partial charge in [0.05, 0.1) is 37.6 Å². The molecule has 2 saturated heterocycles. The molecular weight excluding hydrogens is 508 g/mol. The average Bonchev–Trinajstić information content (AvgIpc) is 3.87. The van der Waals surface area contributed by atoms with Crippen LogP contribution in [0.2, 0.25) is 0 Å². The van der Waals surface area contributed by atoms with E-state index < -0.39 is 11.9 Å². The molecule has 0 N–H and O–H groups in total. The SMILES string of the molecule is Cc1cc(OC(=O)c2ccc(OCOCC3CO3)cc2)ccc1OC(=O)c1ccc(OCOCC2CO2)cc1. The maximum atomic E-state index is 12.6. The third-order valence-corrected chi connectivity index (χ3v) is 5.77. The molecule has 0 radical (unpaired) electrons. The molecule has 0 aliphatic carbocycles. The van der Waals surface area contributed by atoms with Crippen molar-refractivity contribution in [1.82, 2.24) is 0 Å². The molecule has 0 saturated carbocycles. The Balaban J connectivity index is 1.08. The van der Waals surface area contributed by atoms with E-state index in [1.165, 1.54) is 0 Å². The number of benzene rings is 3. The Hall–Kier alpha value is -3.96. The van der Waals surface area contributed by atoms with E-state index in [1.807, 2.05) is 0 Å². The van der Waals surface area contributed by atoms with E-state index in [-0.39, 0.29) is 25.8 Å². The van der Waals surface area contributed by atoms with Gasteiger partial charge in [-0.15, -0.1) is 0 Å². The third-order valence-electron chi connectivity index (χ3n) is 5.77. The van der Waals surface area contributed by atoms with Crippen molar-refractivity contribution < 1.29 is 47.5 Å². The molecule has 2 atom stereocenters. The zero-order chi connectivity index (χ0) is 27.0. The molecule has 2 unspecified atom stereocenters. The lowest BCUT2D eigenvalue weighted by Gasteiger charge is -2.11. The summed E-state index contributed by atoms with van der Waals surface area (Å²) in [6, 6.07) is 17.9. The molecule has 2 heterocycles. The van der Waals surface area contributed by atoms with Crippen molar-refractivity contribution in [3.05, 3.63) is 83.4 Å². The number of esters is 2. The Morgan fingerprint density at radius 1 is 0.692 bits per heavy atom. The van der Waals surface area contributed by atoms with Crippen LogP contribution in [0, 0.1) is 6.92 Å². The summed E-state index contributed by atoms with van der Waals surface area (Å²) in [5.74, 6) is 0.770. The summed E-state index contributed by atoms with van der Waals surface area (Å²) in [6.45, 7) is 4.41. The van der Waals surface area contributed by atoms with Crippen LogP contribution in [0.25, 0.3) is 0 Å². The number of aryl methyl sites for hydroxylation is 1. The van der Waals surface area contributed by atoms with Gasteiger partial charge >= 0.3 is 11.9 Å². The second-order valence-corrected chi connectivity index (χ2v) is 8.93. The molecule has 0 amide bonds.